The summed E-state index contributed by atoms with van der Waals surface area (Å²) in [6.45, 7) is 1.78. The lowest BCUT2D eigenvalue weighted by atomic mass is 9.86. The van der Waals surface area contributed by atoms with Crippen LogP contribution in [0.4, 0.5) is 14.6 Å². The number of amides is 1. The highest BCUT2D eigenvalue weighted by atomic mass is 35.5. The van der Waals surface area contributed by atoms with E-state index in [1.807, 2.05) is 0 Å². The molecule has 1 atom stereocenters. The molecule has 26 heavy (non-hydrogen) atoms. The number of anilines is 1. The molecule has 9 heteroatoms. The van der Waals surface area contributed by atoms with Gasteiger partial charge in [-0.1, -0.05) is 17.7 Å². The number of nitrogens with zero attached hydrogens (tertiary/aromatic N) is 4. The molecule has 0 unspecified atom stereocenters. The van der Waals surface area contributed by atoms with E-state index >= 15 is 0 Å². The van der Waals surface area contributed by atoms with E-state index < -0.39 is 17.6 Å². The Kier molecular flexibility index (Phi) is 3.91. The van der Waals surface area contributed by atoms with Gasteiger partial charge in [-0.25, -0.2) is 8.78 Å². The predicted octanol–water partition coefficient (Wildman–Crippen LogP) is 3.38. The molecule has 0 saturated heterocycles. The fourth-order valence-corrected chi connectivity index (χ4v) is 3.25. The van der Waals surface area contributed by atoms with E-state index in [9.17, 15) is 13.6 Å². The Bertz CT molecular complexity index is 1020. The van der Waals surface area contributed by atoms with Gasteiger partial charge in [0.15, 0.2) is 22.6 Å². The van der Waals surface area contributed by atoms with Crippen molar-refractivity contribution >= 4 is 23.3 Å². The largest absolute Gasteiger partial charge is 0.310 e. The zero-order chi connectivity index (χ0) is 18.4. The molecule has 0 spiro atoms. The van der Waals surface area contributed by atoms with Crippen LogP contribution in [0.3, 0.4) is 0 Å². The van der Waals surface area contributed by atoms with Crippen molar-refractivity contribution in [2.75, 3.05) is 5.32 Å². The molecule has 1 aliphatic rings. The Morgan fingerprint density at radius 2 is 2.00 bits per heavy atom. The van der Waals surface area contributed by atoms with Crippen molar-refractivity contribution in [2.45, 2.75) is 19.3 Å². The Balaban J connectivity index is 1.86. The van der Waals surface area contributed by atoms with E-state index in [0.717, 1.165) is 17.7 Å². The molecule has 0 aliphatic carbocycles. The van der Waals surface area contributed by atoms with Gasteiger partial charge in [-0.3, -0.25) is 4.79 Å². The standard InChI is InChI=1S/C17H12ClF2N5O/c1-8-16-10(9-2-3-11(19)12(20)6-9)7-15(26)21-17(16)25(24-8)14-5-4-13(18)22-23-14/h2-6,10H,7H2,1H3,(H,21,26)/t10-/m0/s1. The lowest BCUT2D eigenvalue weighted by molar-refractivity contribution is -0.116. The topological polar surface area (TPSA) is 72.7 Å². The highest BCUT2D eigenvalue weighted by Crippen LogP contribution is 2.40. The van der Waals surface area contributed by atoms with Crippen LogP contribution in [0.15, 0.2) is 30.3 Å². The van der Waals surface area contributed by atoms with Crippen molar-refractivity contribution in [3.05, 3.63) is 63.9 Å². The summed E-state index contributed by atoms with van der Waals surface area (Å²) in [6, 6.07) is 6.83. The molecule has 2 aromatic heterocycles. The fraction of sp³-hybridized carbons (Fsp3) is 0.176. The predicted molar refractivity (Wildman–Crippen MR) is 90.3 cm³/mol. The molecule has 1 amide bonds. The van der Waals surface area contributed by atoms with Crippen molar-refractivity contribution < 1.29 is 13.6 Å². The number of nitrogens with one attached hydrogen (secondary N) is 1. The summed E-state index contributed by atoms with van der Waals surface area (Å²) in [5.74, 6) is -1.77. The van der Waals surface area contributed by atoms with Gasteiger partial charge in [0.05, 0.1) is 5.69 Å². The van der Waals surface area contributed by atoms with E-state index in [1.54, 1.807) is 19.1 Å². The minimum absolute atomic E-state index is 0.108. The van der Waals surface area contributed by atoms with Crippen LogP contribution in [-0.2, 0) is 4.79 Å². The van der Waals surface area contributed by atoms with E-state index in [4.69, 9.17) is 11.6 Å². The average Bonchev–Trinajstić information content (AvgIpc) is 2.94. The number of hydrogen-bond acceptors (Lipinski definition) is 4. The van der Waals surface area contributed by atoms with Crippen LogP contribution in [0.2, 0.25) is 5.15 Å². The number of aromatic nitrogens is 4. The lowest BCUT2D eigenvalue weighted by Gasteiger charge is -2.24. The number of benzene rings is 1. The Hall–Kier alpha value is -2.87. The van der Waals surface area contributed by atoms with Crippen LogP contribution in [-0.4, -0.2) is 25.9 Å². The normalized spacial score (nSPS) is 16.3. The number of rotatable bonds is 2. The van der Waals surface area contributed by atoms with E-state index in [2.05, 4.69) is 20.6 Å². The first-order valence-electron chi connectivity index (χ1n) is 7.78. The average molecular weight is 376 g/mol. The third kappa shape index (κ3) is 2.72. The third-order valence-electron chi connectivity index (χ3n) is 4.28. The van der Waals surface area contributed by atoms with Crippen molar-refractivity contribution in [1.29, 1.82) is 0 Å². The summed E-state index contributed by atoms with van der Waals surface area (Å²) in [5, 5.41) is 15.2. The number of aryl methyl sites for hydroxylation is 1. The van der Waals surface area contributed by atoms with Crippen molar-refractivity contribution in [3.8, 4) is 5.82 Å². The molecule has 132 valence electrons. The summed E-state index contributed by atoms with van der Waals surface area (Å²) in [7, 11) is 0. The molecule has 1 N–H and O–H groups in total. The Labute approximate surface area is 151 Å². The molecule has 3 aromatic rings. The second-order valence-electron chi connectivity index (χ2n) is 5.95. The zero-order valence-electron chi connectivity index (χ0n) is 13.5. The summed E-state index contributed by atoms with van der Waals surface area (Å²) in [6.07, 6.45) is 0.108. The van der Waals surface area contributed by atoms with Gasteiger partial charge in [-0.15, -0.1) is 10.2 Å². The molecular formula is C17H12ClF2N5O. The summed E-state index contributed by atoms with van der Waals surface area (Å²) in [4.78, 5) is 12.2. The first kappa shape index (κ1) is 16.6. The van der Waals surface area contributed by atoms with Crippen LogP contribution in [0.1, 0.15) is 29.2 Å². The van der Waals surface area contributed by atoms with Gasteiger partial charge < -0.3 is 5.32 Å². The maximum atomic E-state index is 13.7. The van der Waals surface area contributed by atoms with Gasteiger partial charge in [0.2, 0.25) is 5.91 Å². The zero-order valence-corrected chi connectivity index (χ0v) is 14.3. The number of fused-ring (bicyclic) bond motifs is 1. The first-order valence-corrected chi connectivity index (χ1v) is 8.15. The molecule has 0 saturated carbocycles. The fourth-order valence-electron chi connectivity index (χ4n) is 3.15. The van der Waals surface area contributed by atoms with E-state index in [0.29, 0.717) is 22.9 Å². The SMILES string of the molecule is Cc1nn(-c2ccc(Cl)nn2)c2c1[C@H](c1ccc(F)c(F)c1)CC(=O)N2. The molecule has 1 aromatic carbocycles. The van der Waals surface area contributed by atoms with E-state index in [-0.39, 0.29) is 17.5 Å². The second kappa shape index (κ2) is 6.14. The molecule has 3 heterocycles. The van der Waals surface area contributed by atoms with Crippen LogP contribution in [0.5, 0.6) is 0 Å². The van der Waals surface area contributed by atoms with Crippen molar-refractivity contribution in [3.63, 3.8) is 0 Å². The quantitative estimate of drug-likeness (QED) is 0.745. The lowest BCUT2D eigenvalue weighted by Crippen LogP contribution is -2.25. The van der Waals surface area contributed by atoms with Gasteiger partial charge in [-0.05, 0) is 36.8 Å². The smallest absolute Gasteiger partial charge is 0.226 e. The second-order valence-corrected chi connectivity index (χ2v) is 6.34. The van der Waals surface area contributed by atoms with Gasteiger partial charge in [0, 0.05) is 17.9 Å². The summed E-state index contributed by atoms with van der Waals surface area (Å²) in [5.41, 5.74) is 1.88. The minimum Gasteiger partial charge on any atom is -0.310 e. The van der Waals surface area contributed by atoms with Crippen LogP contribution in [0.25, 0.3) is 5.82 Å². The van der Waals surface area contributed by atoms with Gasteiger partial charge in [0.1, 0.15) is 5.82 Å². The molecule has 0 radical (unpaired) electrons. The maximum absolute atomic E-state index is 13.7. The van der Waals surface area contributed by atoms with Gasteiger partial charge in [0.25, 0.3) is 0 Å². The number of carbonyl (C=O) groups excluding carboxylic acids is 1. The molecule has 4 rings (SSSR count). The molecule has 0 fully saturated rings. The number of carbonyl (C=O) groups is 1. The highest BCUT2D eigenvalue weighted by molar-refractivity contribution is 6.29. The van der Waals surface area contributed by atoms with Gasteiger partial charge >= 0.3 is 0 Å². The molecular weight excluding hydrogens is 364 g/mol. The Morgan fingerprint density at radius 3 is 2.69 bits per heavy atom. The van der Waals surface area contributed by atoms with Crippen LogP contribution < -0.4 is 5.32 Å². The maximum Gasteiger partial charge on any atom is 0.226 e. The molecule has 6 nitrogen and oxygen atoms in total. The van der Waals surface area contributed by atoms with E-state index in [1.165, 1.54) is 10.7 Å². The van der Waals surface area contributed by atoms with Crippen LogP contribution >= 0.6 is 11.6 Å². The van der Waals surface area contributed by atoms with Crippen molar-refractivity contribution in [1.82, 2.24) is 20.0 Å². The number of halogens is 3. The summed E-state index contributed by atoms with van der Waals surface area (Å²) < 4.78 is 28.4. The third-order valence-corrected chi connectivity index (χ3v) is 4.49. The highest BCUT2D eigenvalue weighted by Gasteiger charge is 2.33. The number of hydrogen-bond donors (Lipinski definition) is 1. The molecule has 1 aliphatic heterocycles. The summed E-state index contributed by atoms with van der Waals surface area (Å²) >= 11 is 5.76. The molecule has 0 bridgehead atoms. The van der Waals surface area contributed by atoms with Gasteiger partial charge in [-0.2, -0.15) is 9.78 Å². The Morgan fingerprint density at radius 1 is 1.19 bits per heavy atom. The minimum atomic E-state index is -0.955. The monoisotopic (exact) mass is 375 g/mol. The van der Waals surface area contributed by atoms with Crippen LogP contribution in [0, 0.1) is 18.6 Å². The first-order chi connectivity index (χ1) is 12.4. The van der Waals surface area contributed by atoms with Crippen molar-refractivity contribution in [2.24, 2.45) is 0 Å².